The van der Waals surface area contributed by atoms with E-state index in [0.29, 0.717) is 0 Å². The number of nitrogens with one attached hydrogen (secondary N) is 1. The zero-order chi connectivity index (χ0) is 14.9. The van der Waals surface area contributed by atoms with Crippen LogP contribution in [-0.2, 0) is 10.0 Å². The Hall–Kier alpha value is -2.21. The summed E-state index contributed by atoms with van der Waals surface area (Å²) in [5.41, 5.74) is -0.171. The van der Waals surface area contributed by atoms with Gasteiger partial charge < -0.3 is 10.2 Å². The zero-order valence-electron chi connectivity index (χ0n) is 10.4. The van der Waals surface area contributed by atoms with E-state index in [1.54, 1.807) is 0 Å². The van der Waals surface area contributed by atoms with E-state index >= 15 is 0 Å². The second kappa shape index (κ2) is 5.05. The minimum Gasteiger partial charge on any atom is -0.867 e. The van der Waals surface area contributed by atoms with Gasteiger partial charge in [-0.1, -0.05) is 12.1 Å². The summed E-state index contributed by atoms with van der Waals surface area (Å²) in [6.07, 6.45) is -1.26. The van der Waals surface area contributed by atoms with E-state index in [9.17, 15) is 13.5 Å². The van der Waals surface area contributed by atoms with Crippen molar-refractivity contribution >= 4 is 26.5 Å². The maximum atomic E-state index is 12.1. The van der Waals surface area contributed by atoms with Crippen molar-refractivity contribution < 1.29 is 18.6 Å². The van der Waals surface area contributed by atoms with Gasteiger partial charge in [-0.25, -0.2) is 8.42 Å². The van der Waals surface area contributed by atoms with Gasteiger partial charge in [0.2, 0.25) is 15.4 Å². The summed E-state index contributed by atoms with van der Waals surface area (Å²) in [4.78, 5) is 2.72. The molecule has 7 nitrogen and oxygen atoms in total. The monoisotopic (exact) mass is 293 g/mol. The smallest absolute Gasteiger partial charge is 0.378 e. The summed E-state index contributed by atoms with van der Waals surface area (Å²) >= 11 is 0. The second-order valence-corrected chi connectivity index (χ2v) is 5.84. The van der Waals surface area contributed by atoms with Crippen molar-refractivity contribution in [2.75, 3.05) is 0 Å². The average molecular weight is 293 g/mol. The van der Waals surface area contributed by atoms with Crippen LogP contribution in [0.15, 0.2) is 35.2 Å². The molecule has 0 aromatic heterocycles. The van der Waals surface area contributed by atoms with Crippen LogP contribution in [-0.4, -0.2) is 19.8 Å². The van der Waals surface area contributed by atoms with Crippen molar-refractivity contribution in [3.8, 4) is 5.75 Å². The van der Waals surface area contributed by atoms with Crippen LogP contribution >= 0.6 is 0 Å². The number of hydrogen-bond donors (Lipinski definition) is 2. The lowest BCUT2D eigenvalue weighted by Crippen LogP contribution is -2.32. The van der Waals surface area contributed by atoms with Crippen LogP contribution in [0.2, 0.25) is 0 Å². The fourth-order valence-electron chi connectivity index (χ4n) is 1.89. The molecule has 0 saturated heterocycles. The van der Waals surface area contributed by atoms with E-state index in [1.807, 2.05) is 4.72 Å². The molecule has 2 aromatic rings. The van der Waals surface area contributed by atoms with Crippen molar-refractivity contribution in [2.45, 2.75) is 18.0 Å². The van der Waals surface area contributed by atoms with Gasteiger partial charge in [0.15, 0.2) is 4.98 Å². The van der Waals surface area contributed by atoms with E-state index in [-0.39, 0.29) is 21.4 Å². The molecular weight excluding hydrogens is 282 g/mol. The molecule has 0 aliphatic heterocycles. The normalized spacial score (nSPS) is 13.1. The van der Waals surface area contributed by atoms with Crippen molar-refractivity contribution in [3.05, 3.63) is 35.3 Å². The van der Waals surface area contributed by atoms with Crippen LogP contribution in [0.1, 0.15) is 6.92 Å². The molecule has 2 aromatic carbocycles. The summed E-state index contributed by atoms with van der Waals surface area (Å²) in [5, 5.41) is 30.1. The third-order valence-corrected chi connectivity index (χ3v) is 4.26. The first kappa shape index (κ1) is 14.2. The van der Waals surface area contributed by atoms with E-state index in [4.69, 9.17) is 10.5 Å². The molecule has 0 aliphatic carbocycles. The molecule has 2 N–H and O–H groups in total. The molecule has 1 atom stereocenters. The lowest BCUT2D eigenvalue weighted by molar-refractivity contribution is -0.264. The minimum atomic E-state index is -3.95. The molecule has 20 heavy (non-hydrogen) atoms. The molecule has 0 bridgehead atoms. The number of benzene rings is 2. The maximum Gasteiger partial charge on any atom is 0.378 e. The molecule has 0 heterocycles. The van der Waals surface area contributed by atoms with Gasteiger partial charge in [0.1, 0.15) is 6.23 Å². The molecular formula is C12H11N3O4S. The Labute approximate surface area is 115 Å². The third-order valence-electron chi connectivity index (χ3n) is 2.67. The van der Waals surface area contributed by atoms with Gasteiger partial charge in [0, 0.05) is 11.5 Å². The van der Waals surface area contributed by atoms with E-state index < -0.39 is 22.0 Å². The van der Waals surface area contributed by atoms with E-state index in [2.05, 4.69) is 4.98 Å². The fourth-order valence-corrected chi connectivity index (χ4v) is 3.19. The third kappa shape index (κ3) is 2.42. The Balaban J connectivity index is 2.75. The van der Waals surface area contributed by atoms with Crippen molar-refractivity contribution in [1.82, 2.24) is 4.72 Å². The summed E-state index contributed by atoms with van der Waals surface area (Å²) in [5.74, 6) is -0.570. The Morgan fingerprint density at radius 2 is 2.00 bits per heavy atom. The topological polar surface area (TPSA) is 118 Å². The largest absolute Gasteiger partial charge is 0.867 e. The lowest BCUT2D eigenvalue weighted by Gasteiger charge is -2.13. The second-order valence-electron chi connectivity index (χ2n) is 4.16. The zero-order valence-corrected chi connectivity index (χ0v) is 11.3. The van der Waals surface area contributed by atoms with E-state index in [0.717, 1.165) is 0 Å². The number of hydrogen-bond acceptors (Lipinski definition) is 5. The molecule has 2 rings (SSSR count). The Bertz CT molecular complexity index is 809. The van der Waals surface area contributed by atoms with Crippen LogP contribution in [0.3, 0.4) is 0 Å². The first-order valence-electron chi connectivity index (χ1n) is 5.65. The molecule has 0 fully saturated rings. The van der Waals surface area contributed by atoms with Gasteiger partial charge in [-0.15, -0.1) is 0 Å². The number of nitrogens with zero attached hydrogens (tertiary/aromatic N) is 2. The quantitative estimate of drug-likeness (QED) is 0.647. The summed E-state index contributed by atoms with van der Waals surface area (Å²) < 4.78 is 26.2. The fraction of sp³-hybridized carbons (Fsp3) is 0.167. The van der Waals surface area contributed by atoms with Gasteiger partial charge in [0.05, 0.1) is 4.90 Å². The van der Waals surface area contributed by atoms with Gasteiger partial charge in [-0.3, -0.25) is 0 Å². The van der Waals surface area contributed by atoms with Gasteiger partial charge >= 0.3 is 5.69 Å². The highest BCUT2D eigenvalue weighted by Crippen LogP contribution is 2.35. The summed E-state index contributed by atoms with van der Waals surface area (Å²) in [6, 6.07) is 6.77. The maximum absolute atomic E-state index is 12.1. The predicted octanol–water partition coefficient (Wildman–Crippen LogP) is 1.01. The van der Waals surface area contributed by atoms with Crippen molar-refractivity contribution in [1.29, 1.82) is 5.39 Å². The molecule has 104 valence electrons. The first-order valence-corrected chi connectivity index (χ1v) is 7.13. The van der Waals surface area contributed by atoms with Crippen LogP contribution in [0.5, 0.6) is 5.75 Å². The number of rotatable bonds is 3. The van der Waals surface area contributed by atoms with Gasteiger partial charge in [-0.05, 0) is 30.2 Å². The number of aliphatic hydroxyl groups excluding tert-OH is 1. The number of diazo groups is 1. The van der Waals surface area contributed by atoms with Gasteiger partial charge in [0.25, 0.3) is 0 Å². The highest BCUT2D eigenvalue weighted by atomic mass is 32.2. The highest BCUT2D eigenvalue weighted by Gasteiger charge is 2.20. The Kier molecular flexibility index (Phi) is 3.59. The predicted molar refractivity (Wildman–Crippen MR) is 70.1 cm³/mol. The molecule has 0 spiro atoms. The summed E-state index contributed by atoms with van der Waals surface area (Å²) in [7, 11) is -3.95. The first-order chi connectivity index (χ1) is 9.36. The van der Waals surface area contributed by atoms with Crippen molar-refractivity contribution in [2.24, 2.45) is 0 Å². The van der Waals surface area contributed by atoms with E-state index in [1.165, 1.54) is 37.3 Å². The molecule has 0 amide bonds. The van der Waals surface area contributed by atoms with Gasteiger partial charge in [-0.2, -0.15) is 4.72 Å². The standard InChI is InChI=1S/C12H11N3O4S/c1-7(16)15-20(18,19)11-4-2-3-9-8(11)5-6-10(14-13)12(9)17/h2-7,15-16H,1H3. The van der Waals surface area contributed by atoms with Crippen LogP contribution in [0.25, 0.3) is 15.7 Å². The summed E-state index contributed by atoms with van der Waals surface area (Å²) in [6.45, 7) is 1.27. The molecule has 0 aliphatic rings. The Morgan fingerprint density at radius 3 is 2.60 bits per heavy atom. The molecule has 0 radical (unpaired) electrons. The molecule has 0 saturated carbocycles. The Morgan fingerprint density at radius 1 is 1.30 bits per heavy atom. The number of sulfonamides is 1. The minimum absolute atomic E-state index is 0.119. The number of fused-ring (bicyclic) bond motifs is 1. The van der Waals surface area contributed by atoms with Crippen LogP contribution in [0, 0.1) is 5.39 Å². The molecule has 8 heteroatoms. The highest BCUT2D eigenvalue weighted by molar-refractivity contribution is 7.89. The van der Waals surface area contributed by atoms with Crippen LogP contribution in [0.4, 0.5) is 5.69 Å². The SMILES string of the molecule is CC(O)NS(=O)(=O)c1cccc2c([O-])c([N+]#N)ccc12. The average Bonchev–Trinajstić information content (AvgIpc) is 2.37. The lowest BCUT2D eigenvalue weighted by atomic mass is 10.1. The number of aliphatic hydroxyl groups is 1. The van der Waals surface area contributed by atoms with Crippen LogP contribution < -0.4 is 9.83 Å². The molecule has 1 unspecified atom stereocenters. The van der Waals surface area contributed by atoms with Crippen molar-refractivity contribution in [3.63, 3.8) is 0 Å².